The maximum Gasteiger partial charge on any atom is 0.317 e. The molecule has 0 heterocycles. The van der Waals surface area contributed by atoms with Gasteiger partial charge in [0.1, 0.15) is 9.84 Å². The zero-order valence-electron chi connectivity index (χ0n) is 10.1. The number of sulfone groups is 1. The summed E-state index contributed by atoms with van der Waals surface area (Å²) >= 11 is 0. The van der Waals surface area contributed by atoms with Gasteiger partial charge in [0.2, 0.25) is 0 Å². The van der Waals surface area contributed by atoms with E-state index in [0.29, 0.717) is 6.54 Å². The molecule has 0 aromatic rings. The zero-order valence-corrected chi connectivity index (χ0v) is 10.9. The lowest BCUT2D eigenvalue weighted by atomic mass is 10.3. The Kier molecular flexibility index (Phi) is 6.10. The summed E-state index contributed by atoms with van der Waals surface area (Å²) in [7, 11) is -3.05. The zero-order chi connectivity index (χ0) is 12.8. The number of nitrogens with one attached hydrogen (secondary N) is 1. The van der Waals surface area contributed by atoms with E-state index < -0.39 is 9.84 Å². The first kappa shape index (κ1) is 15.0. The highest BCUT2D eigenvalue weighted by Crippen LogP contribution is 1.99. The second-order valence-corrected chi connectivity index (χ2v) is 6.15. The molecule has 0 saturated carbocycles. The molecule has 16 heavy (non-hydrogen) atoms. The summed E-state index contributed by atoms with van der Waals surface area (Å²) in [6.45, 7) is 7.76. The number of nitrogens with zero attached hydrogens (tertiary/aromatic N) is 1. The predicted molar refractivity (Wildman–Crippen MR) is 65.1 cm³/mol. The standard InChI is InChI=1S/C10H20N2O3S/c1-5-6-11-10(13)12(9(2)3)7-8-16(4,14)15/h5,9H,1,6-8H2,2-4H3,(H,11,13). The van der Waals surface area contributed by atoms with Crippen LogP contribution in [0.5, 0.6) is 0 Å². The van der Waals surface area contributed by atoms with E-state index >= 15 is 0 Å². The quantitative estimate of drug-likeness (QED) is 0.701. The van der Waals surface area contributed by atoms with Gasteiger partial charge in [-0.2, -0.15) is 0 Å². The second kappa shape index (κ2) is 6.52. The van der Waals surface area contributed by atoms with E-state index in [2.05, 4.69) is 11.9 Å². The van der Waals surface area contributed by atoms with Gasteiger partial charge in [-0.25, -0.2) is 13.2 Å². The Morgan fingerprint density at radius 1 is 1.50 bits per heavy atom. The van der Waals surface area contributed by atoms with Crippen LogP contribution in [-0.2, 0) is 9.84 Å². The average molecular weight is 248 g/mol. The number of hydrogen-bond donors (Lipinski definition) is 1. The molecule has 0 radical (unpaired) electrons. The van der Waals surface area contributed by atoms with Crippen LogP contribution in [0.1, 0.15) is 13.8 Å². The van der Waals surface area contributed by atoms with Crippen molar-refractivity contribution in [3.05, 3.63) is 12.7 Å². The molecular formula is C10H20N2O3S. The van der Waals surface area contributed by atoms with Crippen LogP contribution in [0, 0.1) is 0 Å². The molecule has 0 unspecified atom stereocenters. The van der Waals surface area contributed by atoms with E-state index in [4.69, 9.17) is 0 Å². The molecule has 0 atom stereocenters. The Balaban J connectivity index is 4.38. The van der Waals surface area contributed by atoms with Crippen molar-refractivity contribution in [2.24, 2.45) is 0 Å². The third-order valence-corrected chi connectivity index (χ3v) is 2.91. The summed E-state index contributed by atoms with van der Waals surface area (Å²) in [5.41, 5.74) is 0. The summed E-state index contributed by atoms with van der Waals surface area (Å²) in [5, 5.41) is 2.62. The lowest BCUT2D eigenvalue weighted by Crippen LogP contribution is -2.46. The molecule has 0 bridgehead atoms. The fraction of sp³-hybridized carbons (Fsp3) is 0.700. The minimum Gasteiger partial charge on any atom is -0.335 e. The van der Waals surface area contributed by atoms with Gasteiger partial charge in [0.15, 0.2) is 0 Å². The number of amides is 2. The largest absolute Gasteiger partial charge is 0.335 e. The van der Waals surface area contributed by atoms with Crippen molar-refractivity contribution in [1.29, 1.82) is 0 Å². The first-order chi connectivity index (χ1) is 7.28. The number of carbonyl (C=O) groups excluding carboxylic acids is 1. The van der Waals surface area contributed by atoms with E-state index in [0.717, 1.165) is 6.26 Å². The number of rotatable bonds is 6. The van der Waals surface area contributed by atoms with Crippen molar-refractivity contribution in [2.45, 2.75) is 19.9 Å². The van der Waals surface area contributed by atoms with E-state index in [1.807, 2.05) is 13.8 Å². The summed E-state index contributed by atoms with van der Waals surface area (Å²) in [6, 6.07) is -0.301. The van der Waals surface area contributed by atoms with Crippen LogP contribution in [0.4, 0.5) is 4.79 Å². The minimum absolute atomic E-state index is 0.0211. The molecule has 0 fully saturated rings. The summed E-state index contributed by atoms with van der Waals surface area (Å²) in [5.74, 6) is -0.0211. The highest BCUT2D eigenvalue weighted by atomic mass is 32.2. The Morgan fingerprint density at radius 3 is 2.44 bits per heavy atom. The van der Waals surface area contributed by atoms with Gasteiger partial charge in [0.25, 0.3) is 0 Å². The van der Waals surface area contributed by atoms with E-state index in [1.165, 1.54) is 4.90 Å². The molecule has 0 aromatic carbocycles. The van der Waals surface area contributed by atoms with Gasteiger partial charge in [-0.05, 0) is 13.8 Å². The summed E-state index contributed by atoms with van der Waals surface area (Å²) in [6.07, 6.45) is 2.74. The normalized spacial score (nSPS) is 11.2. The minimum atomic E-state index is -3.05. The van der Waals surface area contributed by atoms with Gasteiger partial charge in [0, 0.05) is 25.4 Å². The van der Waals surface area contributed by atoms with E-state index in [1.54, 1.807) is 6.08 Å². The average Bonchev–Trinajstić information content (AvgIpc) is 2.12. The molecule has 0 saturated heterocycles. The smallest absolute Gasteiger partial charge is 0.317 e. The van der Waals surface area contributed by atoms with Crippen molar-refractivity contribution in [3.63, 3.8) is 0 Å². The molecule has 1 N–H and O–H groups in total. The lowest BCUT2D eigenvalue weighted by Gasteiger charge is -2.26. The molecular weight excluding hydrogens is 228 g/mol. The molecule has 0 spiro atoms. The molecule has 5 nitrogen and oxygen atoms in total. The van der Waals surface area contributed by atoms with Crippen LogP contribution in [-0.4, -0.2) is 50.5 Å². The van der Waals surface area contributed by atoms with Gasteiger partial charge in [-0.1, -0.05) is 6.08 Å². The van der Waals surface area contributed by atoms with Gasteiger partial charge < -0.3 is 10.2 Å². The summed E-state index contributed by atoms with van der Waals surface area (Å²) < 4.78 is 22.0. The molecule has 0 aliphatic carbocycles. The van der Waals surface area contributed by atoms with E-state index in [9.17, 15) is 13.2 Å². The third-order valence-electron chi connectivity index (χ3n) is 1.98. The number of carbonyl (C=O) groups is 1. The van der Waals surface area contributed by atoms with Crippen molar-refractivity contribution < 1.29 is 13.2 Å². The molecule has 0 rings (SSSR count). The Morgan fingerprint density at radius 2 is 2.06 bits per heavy atom. The van der Waals surface area contributed by atoms with Gasteiger partial charge in [0.05, 0.1) is 5.75 Å². The van der Waals surface area contributed by atoms with E-state index in [-0.39, 0.29) is 24.4 Å². The van der Waals surface area contributed by atoms with Crippen molar-refractivity contribution in [1.82, 2.24) is 10.2 Å². The molecule has 2 amide bonds. The molecule has 6 heteroatoms. The molecule has 94 valence electrons. The topological polar surface area (TPSA) is 66.5 Å². The Hall–Kier alpha value is -1.04. The van der Waals surface area contributed by atoms with Gasteiger partial charge in [-0.3, -0.25) is 0 Å². The van der Waals surface area contributed by atoms with Crippen LogP contribution < -0.4 is 5.32 Å². The van der Waals surface area contributed by atoms with Crippen LogP contribution in [0.2, 0.25) is 0 Å². The Bertz CT molecular complexity index is 336. The fourth-order valence-corrected chi connectivity index (χ4v) is 1.65. The summed E-state index contributed by atoms with van der Waals surface area (Å²) in [4.78, 5) is 13.1. The maximum atomic E-state index is 11.6. The van der Waals surface area contributed by atoms with Gasteiger partial charge in [-0.15, -0.1) is 6.58 Å². The lowest BCUT2D eigenvalue weighted by molar-refractivity contribution is 0.188. The number of urea groups is 1. The van der Waals surface area contributed by atoms with Crippen LogP contribution in [0.25, 0.3) is 0 Å². The third kappa shape index (κ3) is 6.44. The van der Waals surface area contributed by atoms with Crippen molar-refractivity contribution >= 4 is 15.9 Å². The first-order valence-corrected chi connectivity index (χ1v) is 7.17. The first-order valence-electron chi connectivity index (χ1n) is 5.11. The maximum absolute atomic E-state index is 11.6. The monoisotopic (exact) mass is 248 g/mol. The van der Waals surface area contributed by atoms with Crippen LogP contribution in [0.15, 0.2) is 12.7 Å². The van der Waals surface area contributed by atoms with Crippen molar-refractivity contribution in [3.8, 4) is 0 Å². The molecule has 0 aromatic heterocycles. The fourth-order valence-electron chi connectivity index (χ4n) is 1.12. The predicted octanol–water partition coefficient (Wildman–Crippen LogP) is 0.637. The van der Waals surface area contributed by atoms with Crippen LogP contribution in [0.3, 0.4) is 0 Å². The van der Waals surface area contributed by atoms with Gasteiger partial charge >= 0.3 is 6.03 Å². The molecule has 0 aliphatic heterocycles. The highest BCUT2D eigenvalue weighted by molar-refractivity contribution is 7.90. The highest BCUT2D eigenvalue weighted by Gasteiger charge is 2.17. The van der Waals surface area contributed by atoms with Crippen LogP contribution >= 0.6 is 0 Å². The SMILES string of the molecule is C=CCNC(=O)N(CCS(C)(=O)=O)C(C)C. The Labute approximate surface area is 97.4 Å². The van der Waals surface area contributed by atoms with Crippen molar-refractivity contribution in [2.75, 3.05) is 25.1 Å². The number of hydrogen-bond acceptors (Lipinski definition) is 3. The second-order valence-electron chi connectivity index (χ2n) is 3.89. The molecule has 0 aliphatic rings.